The van der Waals surface area contributed by atoms with Crippen molar-refractivity contribution >= 4 is 5.97 Å². The van der Waals surface area contributed by atoms with E-state index in [1.54, 1.807) is 6.07 Å². The summed E-state index contributed by atoms with van der Waals surface area (Å²) >= 11 is 0. The molecule has 1 aromatic rings. The summed E-state index contributed by atoms with van der Waals surface area (Å²) in [6.07, 6.45) is 15.0. The largest absolute Gasteiger partial charge is 0.504 e. The van der Waals surface area contributed by atoms with Gasteiger partial charge in [0.15, 0.2) is 11.5 Å². The van der Waals surface area contributed by atoms with Crippen LogP contribution in [0, 0.1) is 0 Å². The van der Waals surface area contributed by atoms with Crippen molar-refractivity contribution in [2.75, 3.05) is 13.2 Å². The molecule has 0 aromatic heterocycles. The van der Waals surface area contributed by atoms with Crippen LogP contribution in [0.15, 0.2) is 12.1 Å². The SMILES string of the molecule is CCCOCCCCCCCCCCCCCc1ccc(O)c(O)c1C(=O)O. The van der Waals surface area contributed by atoms with Crippen LogP contribution in [0.5, 0.6) is 11.5 Å². The highest BCUT2D eigenvalue weighted by Crippen LogP contribution is 2.32. The Balaban J connectivity index is 2.00. The molecule has 28 heavy (non-hydrogen) atoms. The van der Waals surface area contributed by atoms with Gasteiger partial charge in [-0.15, -0.1) is 0 Å². The van der Waals surface area contributed by atoms with Crippen LogP contribution >= 0.6 is 0 Å². The number of carbonyl (C=O) groups is 1. The number of rotatable bonds is 17. The Bertz CT molecular complexity index is 556. The number of aromatic carboxylic acids is 1. The van der Waals surface area contributed by atoms with Gasteiger partial charge in [-0.25, -0.2) is 4.79 Å². The molecule has 0 heterocycles. The van der Waals surface area contributed by atoms with Gasteiger partial charge in [-0.05, 0) is 37.3 Å². The van der Waals surface area contributed by atoms with Gasteiger partial charge in [-0.2, -0.15) is 0 Å². The van der Waals surface area contributed by atoms with E-state index < -0.39 is 11.7 Å². The fraction of sp³-hybridized carbons (Fsp3) is 0.696. The van der Waals surface area contributed by atoms with Gasteiger partial charge in [-0.1, -0.05) is 70.8 Å². The Hall–Kier alpha value is -1.75. The summed E-state index contributed by atoms with van der Waals surface area (Å²) in [5.41, 5.74) is 0.417. The number of ether oxygens (including phenoxy) is 1. The van der Waals surface area contributed by atoms with Crippen molar-refractivity contribution in [2.24, 2.45) is 0 Å². The summed E-state index contributed by atoms with van der Waals surface area (Å²) in [6, 6.07) is 2.95. The van der Waals surface area contributed by atoms with Crippen molar-refractivity contribution in [3.63, 3.8) is 0 Å². The quantitative estimate of drug-likeness (QED) is 0.221. The maximum Gasteiger partial charge on any atom is 0.339 e. The fourth-order valence-corrected chi connectivity index (χ4v) is 3.43. The molecule has 1 aromatic carbocycles. The zero-order valence-corrected chi connectivity index (χ0v) is 17.4. The van der Waals surface area contributed by atoms with Crippen LogP contribution in [0.2, 0.25) is 0 Å². The number of hydrogen-bond donors (Lipinski definition) is 3. The van der Waals surface area contributed by atoms with Gasteiger partial charge in [0.25, 0.3) is 0 Å². The first-order chi connectivity index (χ1) is 13.6. The number of hydrogen-bond acceptors (Lipinski definition) is 4. The molecule has 0 amide bonds. The third-order valence-electron chi connectivity index (χ3n) is 5.04. The van der Waals surface area contributed by atoms with Gasteiger partial charge >= 0.3 is 5.97 Å². The third-order valence-corrected chi connectivity index (χ3v) is 5.04. The lowest BCUT2D eigenvalue weighted by Crippen LogP contribution is -2.03. The standard InChI is InChI=1S/C23H38O5/c1-2-17-28-18-13-11-9-7-5-3-4-6-8-10-12-14-19-15-16-20(24)22(25)21(19)23(26)27/h15-16,24-25H,2-14,17-18H2,1H3,(H,26,27). The number of phenols is 2. The second-order valence-corrected chi connectivity index (χ2v) is 7.52. The zero-order valence-electron chi connectivity index (χ0n) is 17.4. The predicted molar refractivity (Wildman–Crippen MR) is 112 cm³/mol. The molecule has 5 nitrogen and oxygen atoms in total. The van der Waals surface area contributed by atoms with Crippen LogP contribution < -0.4 is 0 Å². The normalized spacial score (nSPS) is 11.0. The second kappa shape index (κ2) is 15.2. The van der Waals surface area contributed by atoms with E-state index >= 15 is 0 Å². The molecule has 3 N–H and O–H groups in total. The Kier molecular flexibility index (Phi) is 13.2. The molecule has 0 saturated carbocycles. The van der Waals surface area contributed by atoms with Gasteiger partial charge in [-0.3, -0.25) is 0 Å². The Morgan fingerprint density at radius 1 is 0.821 bits per heavy atom. The summed E-state index contributed by atoms with van der Waals surface area (Å²) < 4.78 is 5.48. The highest BCUT2D eigenvalue weighted by molar-refractivity contribution is 5.93. The predicted octanol–water partition coefficient (Wildman–Crippen LogP) is 6.06. The molecule has 0 aliphatic carbocycles. The Morgan fingerprint density at radius 3 is 1.89 bits per heavy atom. The maximum absolute atomic E-state index is 11.3. The average Bonchev–Trinajstić information content (AvgIpc) is 2.67. The first kappa shape index (κ1) is 24.3. The minimum atomic E-state index is -1.20. The highest BCUT2D eigenvalue weighted by atomic mass is 16.5. The number of benzene rings is 1. The summed E-state index contributed by atoms with van der Waals surface area (Å²) in [5, 5.41) is 28.4. The molecule has 0 aliphatic heterocycles. The van der Waals surface area contributed by atoms with Crippen LogP contribution in [-0.2, 0) is 11.2 Å². The summed E-state index contributed by atoms with van der Waals surface area (Å²) in [6.45, 7) is 3.93. The number of phenolic OH excluding ortho intramolecular Hbond substituents is 1. The van der Waals surface area contributed by atoms with E-state index in [2.05, 4.69) is 6.92 Å². The average molecular weight is 395 g/mol. The molecule has 1 rings (SSSR count). The van der Waals surface area contributed by atoms with Gasteiger partial charge in [0.1, 0.15) is 5.56 Å². The van der Waals surface area contributed by atoms with Gasteiger partial charge < -0.3 is 20.1 Å². The first-order valence-electron chi connectivity index (χ1n) is 10.9. The van der Waals surface area contributed by atoms with Crippen LogP contribution in [0.1, 0.15) is 99.9 Å². The maximum atomic E-state index is 11.3. The molecule has 0 atom stereocenters. The number of carboxylic acids is 1. The number of aryl methyl sites for hydroxylation is 1. The molecule has 0 aliphatic rings. The van der Waals surface area contributed by atoms with Crippen molar-refractivity contribution in [1.82, 2.24) is 0 Å². The van der Waals surface area contributed by atoms with Crippen LogP contribution in [-0.4, -0.2) is 34.5 Å². The van der Waals surface area contributed by atoms with Crippen molar-refractivity contribution in [1.29, 1.82) is 0 Å². The van der Waals surface area contributed by atoms with Gasteiger partial charge in [0, 0.05) is 13.2 Å². The molecule has 0 spiro atoms. The third kappa shape index (κ3) is 9.98. The molecule has 5 heteroatoms. The molecule has 0 bridgehead atoms. The molecular formula is C23H38O5. The van der Waals surface area contributed by atoms with E-state index in [1.807, 2.05) is 0 Å². The monoisotopic (exact) mass is 394 g/mol. The molecule has 160 valence electrons. The lowest BCUT2D eigenvalue weighted by atomic mass is 9.99. The number of aromatic hydroxyl groups is 2. The zero-order chi connectivity index (χ0) is 20.6. The minimum Gasteiger partial charge on any atom is -0.504 e. The van der Waals surface area contributed by atoms with Crippen LogP contribution in [0.25, 0.3) is 0 Å². The first-order valence-corrected chi connectivity index (χ1v) is 10.9. The van der Waals surface area contributed by atoms with Crippen molar-refractivity contribution in [3.05, 3.63) is 23.3 Å². The van der Waals surface area contributed by atoms with Crippen LogP contribution in [0.3, 0.4) is 0 Å². The van der Waals surface area contributed by atoms with E-state index in [9.17, 15) is 20.1 Å². The molecular weight excluding hydrogens is 356 g/mol. The van der Waals surface area contributed by atoms with E-state index in [4.69, 9.17) is 4.74 Å². The number of carboxylic acid groups (broad SMARTS) is 1. The highest BCUT2D eigenvalue weighted by Gasteiger charge is 2.18. The molecule has 0 fully saturated rings. The molecule has 0 saturated heterocycles. The molecule has 0 radical (unpaired) electrons. The van der Waals surface area contributed by atoms with E-state index in [0.29, 0.717) is 12.0 Å². The second-order valence-electron chi connectivity index (χ2n) is 7.52. The Morgan fingerprint density at radius 2 is 1.36 bits per heavy atom. The Labute approximate surface area is 169 Å². The van der Waals surface area contributed by atoms with E-state index in [-0.39, 0.29) is 11.3 Å². The summed E-state index contributed by atoms with van der Waals surface area (Å²) in [7, 11) is 0. The topological polar surface area (TPSA) is 87.0 Å². The van der Waals surface area contributed by atoms with Gasteiger partial charge in [0.05, 0.1) is 0 Å². The van der Waals surface area contributed by atoms with E-state index in [0.717, 1.165) is 38.9 Å². The van der Waals surface area contributed by atoms with Crippen molar-refractivity contribution < 1.29 is 24.9 Å². The minimum absolute atomic E-state index is 0.170. The van der Waals surface area contributed by atoms with Crippen molar-refractivity contribution in [3.8, 4) is 11.5 Å². The van der Waals surface area contributed by atoms with Gasteiger partial charge in [0.2, 0.25) is 0 Å². The summed E-state index contributed by atoms with van der Waals surface area (Å²) in [5.74, 6) is -2.11. The van der Waals surface area contributed by atoms with Crippen molar-refractivity contribution in [2.45, 2.75) is 90.4 Å². The fourth-order valence-electron chi connectivity index (χ4n) is 3.43. The summed E-state index contributed by atoms with van der Waals surface area (Å²) in [4.78, 5) is 11.3. The smallest absolute Gasteiger partial charge is 0.339 e. The number of unbranched alkanes of at least 4 members (excludes halogenated alkanes) is 10. The van der Waals surface area contributed by atoms with E-state index in [1.165, 1.54) is 57.4 Å². The molecule has 0 unspecified atom stereocenters. The lowest BCUT2D eigenvalue weighted by molar-refractivity contribution is 0.0691. The van der Waals surface area contributed by atoms with Crippen LogP contribution in [0.4, 0.5) is 0 Å². The lowest BCUT2D eigenvalue weighted by Gasteiger charge is -2.09.